The van der Waals surface area contributed by atoms with Gasteiger partial charge >= 0.3 is 0 Å². The molecule has 0 radical (unpaired) electrons. The van der Waals surface area contributed by atoms with Crippen molar-refractivity contribution < 1.29 is 4.74 Å². The number of hydrogen-bond donors (Lipinski definition) is 0. The van der Waals surface area contributed by atoms with Crippen LogP contribution in [0.3, 0.4) is 0 Å². The zero-order valence-electron chi connectivity index (χ0n) is 17.4. The molecule has 2 aromatic heterocycles. The fourth-order valence-electron chi connectivity index (χ4n) is 4.62. The van der Waals surface area contributed by atoms with E-state index in [0.29, 0.717) is 0 Å². The van der Waals surface area contributed by atoms with Gasteiger partial charge in [0.25, 0.3) is 0 Å². The molecule has 0 saturated carbocycles. The number of ether oxygens (including phenoxy) is 1. The maximum atomic E-state index is 6.30. The van der Waals surface area contributed by atoms with E-state index >= 15 is 0 Å². The standard InChI is InChI=1S/C24H23N5O/c1-15-12-28-9-8-17-4-5-18(10-20(17)23(28)25-15)30-19-6-7-22-21(11-19)24-26-16(2)13-29(24)14-27(22)3/h4-7,10-13H,8-9,14H2,1-3H3. The molecule has 0 aliphatic carbocycles. The molecular weight excluding hydrogens is 374 g/mol. The molecule has 2 aromatic carbocycles. The molecule has 0 bridgehead atoms. The summed E-state index contributed by atoms with van der Waals surface area (Å²) in [6, 6.07) is 12.6. The summed E-state index contributed by atoms with van der Waals surface area (Å²) in [4.78, 5) is 11.7. The minimum absolute atomic E-state index is 0.806. The predicted molar refractivity (Wildman–Crippen MR) is 117 cm³/mol. The van der Waals surface area contributed by atoms with Crippen LogP contribution in [0.5, 0.6) is 11.5 Å². The quantitative estimate of drug-likeness (QED) is 0.488. The van der Waals surface area contributed by atoms with Gasteiger partial charge in [-0.15, -0.1) is 0 Å². The van der Waals surface area contributed by atoms with Gasteiger partial charge in [-0.2, -0.15) is 0 Å². The van der Waals surface area contributed by atoms with Gasteiger partial charge in [0.05, 0.1) is 18.1 Å². The highest BCUT2D eigenvalue weighted by molar-refractivity contribution is 5.78. The molecule has 0 unspecified atom stereocenters. The van der Waals surface area contributed by atoms with Crippen LogP contribution in [0.4, 0.5) is 5.69 Å². The molecule has 0 spiro atoms. The number of aromatic nitrogens is 4. The largest absolute Gasteiger partial charge is 0.457 e. The topological polar surface area (TPSA) is 48.1 Å². The van der Waals surface area contributed by atoms with Crippen molar-refractivity contribution in [2.75, 3.05) is 11.9 Å². The highest BCUT2D eigenvalue weighted by atomic mass is 16.5. The van der Waals surface area contributed by atoms with Crippen molar-refractivity contribution in [2.24, 2.45) is 0 Å². The van der Waals surface area contributed by atoms with Crippen LogP contribution in [0, 0.1) is 13.8 Å². The second-order valence-electron chi connectivity index (χ2n) is 8.26. The molecule has 0 fully saturated rings. The maximum Gasteiger partial charge on any atom is 0.143 e. The summed E-state index contributed by atoms with van der Waals surface area (Å²) in [7, 11) is 2.10. The zero-order valence-corrected chi connectivity index (χ0v) is 17.4. The number of nitrogens with zero attached hydrogens (tertiary/aromatic N) is 5. The van der Waals surface area contributed by atoms with E-state index in [9.17, 15) is 0 Å². The van der Waals surface area contributed by atoms with Gasteiger partial charge in [0.2, 0.25) is 0 Å². The number of aryl methyl sites for hydroxylation is 4. The van der Waals surface area contributed by atoms with Gasteiger partial charge in [-0.05, 0) is 56.2 Å². The van der Waals surface area contributed by atoms with Gasteiger partial charge < -0.3 is 18.8 Å². The molecule has 150 valence electrons. The number of benzene rings is 2. The Hall–Kier alpha value is -3.54. The molecule has 0 amide bonds. The zero-order chi connectivity index (χ0) is 20.4. The summed E-state index contributed by atoms with van der Waals surface area (Å²) in [6.07, 6.45) is 5.23. The number of rotatable bonds is 2. The second-order valence-corrected chi connectivity index (χ2v) is 8.26. The smallest absolute Gasteiger partial charge is 0.143 e. The second kappa shape index (κ2) is 6.23. The minimum atomic E-state index is 0.806. The van der Waals surface area contributed by atoms with Crippen LogP contribution in [-0.4, -0.2) is 26.1 Å². The van der Waals surface area contributed by atoms with E-state index in [1.165, 1.54) is 11.3 Å². The Labute approximate surface area is 175 Å². The number of hydrogen-bond acceptors (Lipinski definition) is 4. The fourth-order valence-corrected chi connectivity index (χ4v) is 4.62. The van der Waals surface area contributed by atoms with Crippen molar-refractivity contribution in [3.63, 3.8) is 0 Å². The van der Waals surface area contributed by atoms with Crippen LogP contribution in [0.1, 0.15) is 17.0 Å². The van der Waals surface area contributed by atoms with Crippen molar-refractivity contribution in [3.05, 3.63) is 65.7 Å². The third-order valence-electron chi connectivity index (χ3n) is 5.96. The first-order valence-electron chi connectivity index (χ1n) is 10.3. The van der Waals surface area contributed by atoms with Crippen molar-refractivity contribution >= 4 is 5.69 Å². The Morgan fingerprint density at radius 1 is 0.833 bits per heavy atom. The fraction of sp³-hybridized carbons (Fsp3) is 0.250. The van der Waals surface area contributed by atoms with Crippen LogP contribution < -0.4 is 9.64 Å². The van der Waals surface area contributed by atoms with Crippen molar-refractivity contribution in [2.45, 2.75) is 33.5 Å². The summed E-state index contributed by atoms with van der Waals surface area (Å²) in [5.41, 5.74) is 6.83. The summed E-state index contributed by atoms with van der Waals surface area (Å²) in [6.45, 7) is 5.86. The molecule has 0 saturated heterocycles. The summed E-state index contributed by atoms with van der Waals surface area (Å²) in [5, 5.41) is 0. The van der Waals surface area contributed by atoms with Gasteiger partial charge in [-0.3, -0.25) is 0 Å². The van der Waals surface area contributed by atoms with Crippen molar-refractivity contribution in [3.8, 4) is 34.3 Å². The first kappa shape index (κ1) is 17.3. The lowest BCUT2D eigenvalue weighted by molar-refractivity contribution is 0.482. The lowest BCUT2D eigenvalue weighted by Gasteiger charge is -2.29. The Kier molecular flexibility index (Phi) is 3.60. The molecule has 4 aromatic rings. The van der Waals surface area contributed by atoms with Crippen LogP contribution >= 0.6 is 0 Å². The molecule has 30 heavy (non-hydrogen) atoms. The lowest BCUT2D eigenvalue weighted by Crippen LogP contribution is -2.26. The number of fused-ring (bicyclic) bond motifs is 6. The first-order chi connectivity index (χ1) is 14.5. The molecular formula is C24H23N5O. The molecule has 6 heteroatoms. The third-order valence-corrected chi connectivity index (χ3v) is 5.96. The SMILES string of the molecule is Cc1cn2c(n1)-c1cc(Oc3ccc4c(c3)-c3nc(C)cn3CN4C)ccc1CC2. The first-order valence-corrected chi connectivity index (χ1v) is 10.3. The lowest BCUT2D eigenvalue weighted by atomic mass is 10.0. The summed E-state index contributed by atoms with van der Waals surface area (Å²) >= 11 is 0. The van der Waals surface area contributed by atoms with E-state index in [1.54, 1.807) is 0 Å². The van der Waals surface area contributed by atoms with Crippen LogP contribution in [0.2, 0.25) is 0 Å². The molecule has 6 rings (SSSR count). The van der Waals surface area contributed by atoms with Gasteiger partial charge in [0.1, 0.15) is 23.1 Å². The Bertz CT molecular complexity index is 1300. The van der Waals surface area contributed by atoms with E-state index in [2.05, 4.69) is 63.8 Å². The number of anilines is 1. The highest BCUT2D eigenvalue weighted by Crippen LogP contribution is 2.39. The summed E-state index contributed by atoms with van der Waals surface area (Å²) < 4.78 is 10.7. The van der Waals surface area contributed by atoms with E-state index in [4.69, 9.17) is 14.7 Å². The molecule has 4 heterocycles. The third kappa shape index (κ3) is 2.64. The highest BCUT2D eigenvalue weighted by Gasteiger charge is 2.23. The van der Waals surface area contributed by atoms with Crippen LogP contribution in [-0.2, 0) is 19.6 Å². The molecule has 6 nitrogen and oxygen atoms in total. The van der Waals surface area contributed by atoms with Gasteiger partial charge in [-0.1, -0.05) is 6.07 Å². The summed E-state index contributed by atoms with van der Waals surface area (Å²) in [5.74, 6) is 3.66. The van der Waals surface area contributed by atoms with Gasteiger partial charge in [-0.25, -0.2) is 9.97 Å². The molecule has 0 atom stereocenters. The molecule has 0 N–H and O–H groups in total. The average molecular weight is 397 g/mol. The van der Waals surface area contributed by atoms with Gasteiger partial charge in [0, 0.05) is 42.8 Å². The predicted octanol–water partition coefficient (Wildman–Crippen LogP) is 4.79. The molecule has 2 aliphatic heterocycles. The number of imidazole rings is 2. The molecule has 2 aliphatic rings. The van der Waals surface area contributed by atoms with E-state index in [-0.39, 0.29) is 0 Å². The monoisotopic (exact) mass is 397 g/mol. The van der Waals surface area contributed by atoms with Crippen LogP contribution in [0.15, 0.2) is 48.8 Å². The Morgan fingerprint density at radius 3 is 2.30 bits per heavy atom. The van der Waals surface area contributed by atoms with E-state index in [0.717, 1.165) is 65.3 Å². The van der Waals surface area contributed by atoms with Gasteiger partial charge in [0.15, 0.2) is 0 Å². The van der Waals surface area contributed by atoms with Crippen molar-refractivity contribution in [1.82, 2.24) is 19.1 Å². The Morgan fingerprint density at radius 2 is 1.50 bits per heavy atom. The van der Waals surface area contributed by atoms with Crippen molar-refractivity contribution in [1.29, 1.82) is 0 Å². The van der Waals surface area contributed by atoms with Crippen LogP contribution in [0.25, 0.3) is 22.8 Å². The van der Waals surface area contributed by atoms with E-state index < -0.39 is 0 Å². The maximum absolute atomic E-state index is 6.30. The van der Waals surface area contributed by atoms with E-state index in [1.807, 2.05) is 19.9 Å². The average Bonchev–Trinajstić information content (AvgIpc) is 3.29. The normalized spacial score (nSPS) is 14.0. The minimum Gasteiger partial charge on any atom is -0.457 e. The Balaban J connectivity index is 1.38.